The summed E-state index contributed by atoms with van der Waals surface area (Å²) in [7, 11) is 0. The van der Waals surface area contributed by atoms with E-state index >= 15 is 0 Å². The maximum Gasteiger partial charge on any atom is 0.306 e. The van der Waals surface area contributed by atoms with Gasteiger partial charge in [-0.05, 0) is 63.0 Å². The summed E-state index contributed by atoms with van der Waals surface area (Å²) < 4.78 is 12.7. The Morgan fingerprint density at radius 1 is 1.27 bits per heavy atom. The molecule has 180 valence electrons. The molecule has 8 atom stereocenters. The summed E-state index contributed by atoms with van der Waals surface area (Å²) >= 11 is 0. The largest absolute Gasteiger partial charge is 0.450 e. The summed E-state index contributed by atoms with van der Waals surface area (Å²) in [5.74, 6) is -0.549. The van der Waals surface area contributed by atoms with Crippen molar-refractivity contribution < 1.29 is 29.0 Å². The van der Waals surface area contributed by atoms with Crippen molar-refractivity contribution in [2.75, 3.05) is 6.61 Å². The van der Waals surface area contributed by atoms with Gasteiger partial charge in [0.25, 0.3) is 0 Å². The smallest absolute Gasteiger partial charge is 0.306 e. The monoisotopic (exact) mass is 456 g/mol. The lowest BCUT2D eigenvalue weighted by Crippen LogP contribution is -2.63. The Balaban J connectivity index is 1.55. The Morgan fingerprint density at radius 2 is 2.03 bits per heavy atom. The molecule has 6 heteroatoms. The van der Waals surface area contributed by atoms with Gasteiger partial charge >= 0.3 is 5.97 Å². The van der Waals surface area contributed by atoms with E-state index in [1.165, 1.54) is 0 Å². The van der Waals surface area contributed by atoms with Crippen LogP contribution in [0.3, 0.4) is 0 Å². The number of hydrogen-bond acceptors (Lipinski definition) is 6. The summed E-state index contributed by atoms with van der Waals surface area (Å²) in [6.07, 6.45) is 10.4. The van der Waals surface area contributed by atoms with Crippen LogP contribution in [0.1, 0.15) is 72.6 Å². The third kappa shape index (κ3) is 2.71. The van der Waals surface area contributed by atoms with E-state index in [0.717, 1.165) is 31.3 Å². The molecule has 0 radical (unpaired) electrons. The molecule has 5 aliphatic rings. The summed E-state index contributed by atoms with van der Waals surface area (Å²) in [5.41, 5.74) is -1.49. The number of rotatable bonds is 6. The number of esters is 1. The summed E-state index contributed by atoms with van der Waals surface area (Å²) in [4.78, 5) is 38.3. The van der Waals surface area contributed by atoms with Crippen molar-refractivity contribution in [3.63, 3.8) is 0 Å². The van der Waals surface area contributed by atoms with E-state index in [1.54, 1.807) is 12.2 Å². The molecule has 4 fully saturated rings. The second-order valence-electron chi connectivity index (χ2n) is 11.4. The van der Waals surface area contributed by atoms with Crippen LogP contribution in [0, 0.1) is 28.6 Å². The van der Waals surface area contributed by atoms with Crippen LogP contribution < -0.4 is 0 Å². The highest BCUT2D eigenvalue weighted by molar-refractivity contribution is 6.01. The van der Waals surface area contributed by atoms with Crippen LogP contribution in [0.25, 0.3) is 0 Å². The zero-order valence-electron chi connectivity index (χ0n) is 20.2. The number of fused-ring (bicyclic) bond motifs is 3. The maximum absolute atomic E-state index is 13.4. The maximum atomic E-state index is 13.4. The number of carbonyl (C=O) groups is 3. The minimum atomic E-state index is -1.33. The number of ketones is 2. The number of ether oxygens (including phenoxy) is 2. The zero-order chi connectivity index (χ0) is 23.8. The molecule has 1 N–H and O–H groups in total. The minimum absolute atomic E-state index is 0.0382. The van der Waals surface area contributed by atoms with Crippen LogP contribution in [-0.2, 0) is 23.9 Å². The van der Waals surface area contributed by atoms with Gasteiger partial charge in [-0.1, -0.05) is 38.8 Å². The van der Waals surface area contributed by atoms with E-state index in [0.29, 0.717) is 12.8 Å². The Morgan fingerprint density at radius 3 is 2.73 bits per heavy atom. The molecule has 4 aliphatic carbocycles. The van der Waals surface area contributed by atoms with E-state index in [4.69, 9.17) is 9.47 Å². The van der Waals surface area contributed by atoms with Crippen LogP contribution in [0.4, 0.5) is 0 Å². The first-order chi connectivity index (χ1) is 15.6. The number of epoxide rings is 1. The van der Waals surface area contributed by atoms with Crippen LogP contribution in [0.2, 0.25) is 0 Å². The van der Waals surface area contributed by atoms with E-state index in [1.807, 2.05) is 19.9 Å². The van der Waals surface area contributed by atoms with Gasteiger partial charge in [-0.2, -0.15) is 0 Å². The predicted octanol–water partition coefficient (Wildman–Crippen LogP) is 3.71. The highest BCUT2D eigenvalue weighted by atomic mass is 16.6. The van der Waals surface area contributed by atoms with Gasteiger partial charge in [0, 0.05) is 23.2 Å². The molecule has 6 nitrogen and oxygen atoms in total. The molecule has 1 heterocycles. The Hall–Kier alpha value is -1.79. The molecule has 0 aromatic carbocycles. The lowest BCUT2D eigenvalue weighted by atomic mass is 9.46. The van der Waals surface area contributed by atoms with Crippen molar-refractivity contribution in [1.29, 1.82) is 0 Å². The fourth-order valence-corrected chi connectivity index (χ4v) is 8.51. The van der Waals surface area contributed by atoms with E-state index in [2.05, 4.69) is 13.8 Å². The van der Waals surface area contributed by atoms with Gasteiger partial charge in [0.1, 0.15) is 12.2 Å². The van der Waals surface area contributed by atoms with E-state index in [-0.39, 0.29) is 58.8 Å². The first-order valence-electron chi connectivity index (χ1n) is 12.6. The SMILES string of the molecule is CCCCC(=O)O[C@]1(C(=O)CO)C(C)C[C@H]2[C@@H]3CCC4=CC(=O)C=C[C@]4(C)[C@]34OC4C[C@@]21C. The van der Waals surface area contributed by atoms with Gasteiger partial charge in [-0.3, -0.25) is 14.4 Å². The lowest BCUT2D eigenvalue weighted by Gasteiger charge is -2.56. The third-order valence-corrected chi connectivity index (χ3v) is 10.0. The predicted molar refractivity (Wildman–Crippen MR) is 121 cm³/mol. The third-order valence-electron chi connectivity index (χ3n) is 10.0. The Bertz CT molecular complexity index is 966. The van der Waals surface area contributed by atoms with Gasteiger partial charge in [0.2, 0.25) is 5.78 Å². The van der Waals surface area contributed by atoms with E-state index in [9.17, 15) is 19.5 Å². The van der Waals surface area contributed by atoms with Gasteiger partial charge in [-0.25, -0.2) is 0 Å². The van der Waals surface area contributed by atoms with Crippen LogP contribution in [-0.4, -0.2) is 46.6 Å². The average molecular weight is 457 g/mol. The fraction of sp³-hybridized carbons (Fsp3) is 0.741. The normalized spacial score (nSPS) is 47.1. The molecule has 2 unspecified atom stereocenters. The molecule has 0 aromatic rings. The summed E-state index contributed by atoms with van der Waals surface area (Å²) in [5, 5.41) is 9.98. The highest BCUT2D eigenvalue weighted by Crippen LogP contribution is 2.76. The number of allylic oxidation sites excluding steroid dienone is 2. The molecule has 0 aromatic heterocycles. The van der Waals surface area contributed by atoms with Crippen LogP contribution in [0.15, 0.2) is 23.8 Å². The molecular formula is C27H36O6. The van der Waals surface area contributed by atoms with E-state index < -0.39 is 17.6 Å². The molecule has 1 spiro atoms. The molecule has 5 rings (SSSR count). The number of carbonyl (C=O) groups excluding carboxylic acids is 3. The molecule has 0 bridgehead atoms. The minimum Gasteiger partial charge on any atom is -0.450 e. The topological polar surface area (TPSA) is 93.2 Å². The molecule has 3 saturated carbocycles. The molecule has 1 saturated heterocycles. The van der Waals surface area contributed by atoms with Gasteiger partial charge in [0.05, 0.1) is 6.10 Å². The number of aliphatic hydroxyl groups is 1. The molecule has 0 amide bonds. The molecule has 33 heavy (non-hydrogen) atoms. The van der Waals surface area contributed by atoms with Crippen LogP contribution in [0.5, 0.6) is 0 Å². The average Bonchev–Trinajstić information content (AvgIpc) is 3.45. The zero-order valence-corrected chi connectivity index (χ0v) is 20.2. The molecule has 1 aliphatic heterocycles. The van der Waals surface area contributed by atoms with Gasteiger partial charge in [-0.15, -0.1) is 0 Å². The number of hydrogen-bond donors (Lipinski definition) is 1. The quantitative estimate of drug-likeness (QED) is 0.484. The number of aliphatic hydroxyl groups excluding tert-OH is 1. The lowest BCUT2D eigenvalue weighted by molar-refractivity contribution is -0.193. The van der Waals surface area contributed by atoms with Gasteiger partial charge < -0.3 is 14.6 Å². The second-order valence-corrected chi connectivity index (χ2v) is 11.4. The standard InChI is InChI=1S/C27H36O6/c1-5-6-7-23(31)33-26(21(30)15-28)16(2)12-20-19-9-8-17-13-18(29)10-11-24(17,3)27(19)22(32-27)14-25(20,26)4/h10-11,13,16,19-20,22,28H,5-9,12,14-15H2,1-4H3/t16?,19-,20-,22?,24-,25-,26-,27-/m0/s1. The van der Waals surface area contributed by atoms with Crippen molar-refractivity contribution in [3.05, 3.63) is 23.8 Å². The fourth-order valence-electron chi connectivity index (χ4n) is 8.51. The van der Waals surface area contributed by atoms with Crippen molar-refractivity contribution in [1.82, 2.24) is 0 Å². The summed E-state index contributed by atoms with van der Waals surface area (Å²) in [6.45, 7) is 7.65. The number of unbranched alkanes of at least 4 members (excludes halogenated alkanes) is 1. The van der Waals surface area contributed by atoms with Crippen molar-refractivity contribution in [2.45, 2.75) is 89.9 Å². The summed E-state index contributed by atoms with van der Waals surface area (Å²) in [6, 6.07) is 0. The van der Waals surface area contributed by atoms with Gasteiger partial charge in [0.15, 0.2) is 11.4 Å². The first kappa shape index (κ1) is 23.0. The Labute approximate surface area is 195 Å². The second kappa shape index (κ2) is 7.35. The van der Waals surface area contributed by atoms with Crippen molar-refractivity contribution in [3.8, 4) is 0 Å². The van der Waals surface area contributed by atoms with Crippen molar-refractivity contribution >= 4 is 17.5 Å². The Kier molecular flexibility index (Phi) is 5.12. The van der Waals surface area contributed by atoms with Crippen molar-refractivity contribution in [2.24, 2.45) is 28.6 Å². The highest BCUT2D eigenvalue weighted by Gasteiger charge is 2.82. The molecular weight excluding hydrogens is 420 g/mol. The number of Topliss-reactive ketones (excluding diaryl/α,β-unsaturated/α-hetero) is 1. The first-order valence-corrected chi connectivity index (χ1v) is 12.6. The van der Waals surface area contributed by atoms with Crippen LogP contribution >= 0.6 is 0 Å².